The van der Waals surface area contributed by atoms with Crippen LogP contribution in [0.1, 0.15) is 25.7 Å². The Labute approximate surface area is 109 Å². The fraction of sp³-hybridized carbons (Fsp3) is 0.727. The number of nitrogens with zero attached hydrogens (tertiary/aromatic N) is 1. The smallest absolute Gasteiger partial charge is 0.448 e. The summed E-state index contributed by atoms with van der Waals surface area (Å²) in [6.07, 6.45) is 0.983. The predicted molar refractivity (Wildman–Crippen MR) is 58.6 cm³/mol. The molecule has 8 nitrogen and oxygen atoms in total. The maximum atomic E-state index is 10.6. The second-order valence-electron chi connectivity index (χ2n) is 4.39. The highest BCUT2D eigenvalue weighted by molar-refractivity contribution is 6.01. The molecule has 0 atom stereocenters. The summed E-state index contributed by atoms with van der Waals surface area (Å²) in [6, 6.07) is 0. The Morgan fingerprint density at radius 1 is 1.16 bits per heavy atom. The molecule has 8 heteroatoms. The molecular weight excluding hydrogens is 258 g/mol. The molecule has 3 fully saturated rings. The third-order valence-corrected chi connectivity index (χ3v) is 3.10. The van der Waals surface area contributed by atoms with Crippen molar-refractivity contribution in [2.45, 2.75) is 32.0 Å². The summed E-state index contributed by atoms with van der Waals surface area (Å²) in [7, 11) is 0. The Balaban J connectivity index is 0.000000146. The SMILES string of the molecule is C1CC2CCOC2O1.O=C(O)ON1C(=O)CCC1=O. The van der Waals surface area contributed by atoms with Crippen LogP contribution < -0.4 is 0 Å². The first-order valence-corrected chi connectivity index (χ1v) is 6.08. The molecule has 0 unspecified atom stereocenters. The topological polar surface area (TPSA) is 102 Å². The lowest BCUT2D eigenvalue weighted by Gasteiger charge is -2.08. The first-order chi connectivity index (χ1) is 9.08. The van der Waals surface area contributed by atoms with Gasteiger partial charge in [0.25, 0.3) is 11.8 Å². The van der Waals surface area contributed by atoms with E-state index in [1.54, 1.807) is 0 Å². The minimum Gasteiger partial charge on any atom is -0.448 e. The lowest BCUT2D eigenvalue weighted by molar-refractivity contribution is -0.175. The third kappa shape index (κ3) is 3.42. The van der Waals surface area contributed by atoms with Crippen molar-refractivity contribution in [3.05, 3.63) is 0 Å². The van der Waals surface area contributed by atoms with Gasteiger partial charge in [0, 0.05) is 18.8 Å². The zero-order valence-electron chi connectivity index (χ0n) is 10.2. The highest BCUT2D eigenvalue weighted by Crippen LogP contribution is 2.30. The molecule has 0 radical (unpaired) electrons. The van der Waals surface area contributed by atoms with Crippen LogP contribution in [-0.4, -0.2) is 47.6 Å². The first-order valence-electron chi connectivity index (χ1n) is 6.08. The Morgan fingerprint density at radius 3 is 2.11 bits per heavy atom. The number of hydrogen-bond acceptors (Lipinski definition) is 6. The molecule has 0 saturated carbocycles. The van der Waals surface area contributed by atoms with E-state index in [1.165, 1.54) is 12.8 Å². The van der Waals surface area contributed by atoms with Crippen LogP contribution in [-0.2, 0) is 23.9 Å². The summed E-state index contributed by atoms with van der Waals surface area (Å²) >= 11 is 0. The number of amides is 2. The number of carbonyl (C=O) groups is 3. The first kappa shape index (κ1) is 13.8. The minimum atomic E-state index is -1.66. The van der Waals surface area contributed by atoms with Crippen LogP contribution in [0.25, 0.3) is 0 Å². The summed E-state index contributed by atoms with van der Waals surface area (Å²) in [4.78, 5) is 35.0. The molecule has 0 aliphatic carbocycles. The zero-order chi connectivity index (χ0) is 13.8. The third-order valence-electron chi connectivity index (χ3n) is 3.10. The van der Waals surface area contributed by atoms with Gasteiger partial charge in [0.2, 0.25) is 0 Å². The summed E-state index contributed by atoms with van der Waals surface area (Å²) in [5.41, 5.74) is 0. The van der Waals surface area contributed by atoms with Crippen molar-refractivity contribution in [2.24, 2.45) is 5.92 Å². The van der Waals surface area contributed by atoms with Gasteiger partial charge in [0.1, 0.15) is 0 Å². The molecule has 3 aliphatic heterocycles. The number of hydroxylamine groups is 2. The number of ether oxygens (including phenoxy) is 2. The monoisotopic (exact) mass is 273 g/mol. The number of fused-ring (bicyclic) bond motifs is 1. The van der Waals surface area contributed by atoms with Gasteiger partial charge in [-0.15, -0.1) is 0 Å². The molecule has 3 saturated heterocycles. The summed E-state index contributed by atoms with van der Waals surface area (Å²) in [5, 5.41) is 8.31. The Morgan fingerprint density at radius 2 is 1.68 bits per heavy atom. The van der Waals surface area contributed by atoms with Gasteiger partial charge in [-0.2, -0.15) is 0 Å². The van der Waals surface area contributed by atoms with Gasteiger partial charge in [0.15, 0.2) is 6.29 Å². The van der Waals surface area contributed by atoms with Crippen LogP contribution in [0.3, 0.4) is 0 Å². The average molecular weight is 273 g/mol. The van der Waals surface area contributed by atoms with Crippen molar-refractivity contribution in [3.8, 4) is 0 Å². The number of imide groups is 1. The van der Waals surface area contributed by atoms with E-state index in [-0.39, 0.29) is 24.2 Å². The maximum absolute atomic E-state index is 10.6. The second-order valence-corrected chi connectivity index (χ2v) is 4.39. The number of hydrogen-bond donors (Lipinski definition) is 1. The Kier molecular flexibility index (Phi) is 4.33. The van der Waals surface area contributed by atoms with Crippen molar-refractivity contribution in [3.63, 3.8) is 0 Å². The molecule has 3 aliphatic rings. The van der Waals surface area contributed by atoms with Gasteiger partial charge >= 0.3 is 6.16 Å². The molecule has 3 heterocycles. The molecular formula is C11H15NO7. The summed E-state index contributed by atoms with van der Waals surface area (Å²) in [5.74, 6) is -0.496. The number of carboxylic acid groups (broad SMARTS) is 1. The second kappa shape index (κ2) is 5.98. The van der Waals surface area contributed by atoms with Crippen molar-refractivity contribution < 1.29 is 33.8 Å². The van der Waals surface area contributed by atoms with Gasteiger partial charge in [-0.1, -0.05) is 5.06 Å². The molecule has 19 heavy (non-hydrogen) atoms. The molecule has 0 aromatic rings. The largest absolute Gasteiger partial charge is 0.531 e. The maximum Gasteiger partial charge on any atom is 0.531 e. The molecule has 0 aromatic carbocycles. The number of carbonyl (C=O) groups excluding carboxylic acids is 2. The highest BCUT2D eigenvalue weighted by Gasteiger charge is 2.33. The van der Waals surface area contributed by atoms with Crippen LogP contribution in [0, 0.1) is 5.92 Å². The van der Waals surface area contributed by atoms with Crippen LogP contribution >= 0.6 is 0 Å². The summed E-state index contributed by atoms with van der Waals surface area (Å²) in [6.45, 7) is 1.82. The van der Waals surface area contributed by atoms with Gasteiger partial charge in [-0.05, 0) is 12.8 Å². The van der Waals surface area contributed by atoms with Crippen LogP contribution in [0.15, 0.2) is 0 Å². The molecule has 3 rings (SSSR count). The van der Waals surface area contributed by atoms with Gasteiger partial charge in [-0.3, -0.25) is 14.4 Å². The molecule has 2 amide bonds. The van der Waals surface area contributed by atoms with Crippen LogP contribution in [0.2, 0.25) is 0 Å². The van der Waals surface area contributed by atoms with E-state index in [4.69, 9.17) is 14.6 Å². The molecule has 106 valence electrons. The van der Waals surface area contributed by atoms with Gasteiger partial charge in [0.05, 0.1) is 13.2 Å². The van der Waals surface area contributed by atoms with Crippen molar-refractivity contribution in [1.82, 2.24) is 5.06 Å². The van der Waals surface area contributed by atoms with E-state index >= 15 is 0 Å². The van der Waals surface area contributed by atoms with Crippen LogP contribution in [0.5, 0.6) is 0 Å². The fourth-order valence-corrected chi connectivity index (χ4v) is 2.14. The molecule has 0 spiro atoms. The molecule has 0 bridgehead atoms. The van der Waals surface area contributed by atoms with Gasteiger partial charge in [-0.25, -0.2) is 4.79 Å². The van der Waals surface area contributed by atoms with E-state index in [1.807, 2.05) is 0 Å². The van der Waals surface area contributed by atoms with E-state index < -0.39 is 18.0 Å². The fourth-order valence-electron chi connectivity index (χ4n) is 2.14. The lowest BCUT2D eigenvalue weighted by Crippen LogP contribution is -2.31. The molecule has 0 aromatic heterocycles. The zero-order valence-corrected chi connectivity index (χ0v) is 10.2. The highest BCUT2D eigenvalue weighted by atomic mass is 16.8. The van der Waals surface area contributed by atoms with Crippen molar-refractivity contribution in [1.29, 1.82) is 0 Å². The van der Waals surface area contributed by atoms with Gasteiger partial charge < -0.3 is 14.6 Å². The minimum absolute atomic E-state index is 0.0200. The summed E-state index contributed by atoms with van der Waals surface area (Å²) < 4.78 is 10.5. The Bertz CT molecular complexity index is 347. The average Bonchev–Trinajstić information content (AvgIpc) is 3.01. The van der Waals surface area contributed by atoms with Crippen molar-refractivity contribution >= 4 is 18.0 Å². The lowest BCUT2D eigenvalue weighted by atomic mass is 10.1. The quantitative estimate of drug-likeness (QED) is 0.694. The van der Waals surface area contributed by atoms with Crippen molar-refractivity contribution in [2.75, 3.05) is 13.2 Å². The number of rotatable bonds is 1. The van der Waals surface area contributed by atoms with E-state index in [0.717, 1.165) is 19.1 Å². The predicted octanol–water partition coefficient (Wildman–Crippen LogP) is 0.514. The van der Waals surface area contributed by atoms with Crippen LogP contribution in [0.4, 0.5) is 4.79 Å². The standard InChI is InChI=1S/C6H10O2.C5H5NO5/c1-3-7-6-5(1)2-4-8-6;7-3-1-2-4(8)6(3)11-5(9)10/h5-6H,1-4H2;1-2H2,(H,9,10). The molecule has 1 N–H and O–H groups in total. The normalized spacial score (nSPS) is 28.9. The van der Waals surface area contributed by atoms with E-state index in [2.05, 4.69) is 4.84 Å². The van der Waals surface area contributed by atoms with E-state index in [9.17, 15) is 14.4 Å². The van der Waals surface area contributed by atoms with E-state index in [0.29, 0.717) is 0 Å². The Hall–Kier alpha value is -1.67.